The summed E-state index contributed by atoms with van der Waals surface area (Å²) < 4.78 is 39.9. The molecule has 1 fully saturated rings. The second kappa shape index (κ2) is 9.23. The Kier molecular flexibility index (Phi) is 7.04. The van der Waals surface area contributed by atoms with Crippen molar-refractivity contribution in [2.24, 2.45) is 5.73 Å². The van der Waals surface area contributed by atoms with E-state index in [9.17, 15) is 22.7 Å². The Labute approximate surface area is 193 Å². The van der Waals surface area contributed by atoms with Crippen LogP contribution in [0.15, 0.2) is 35.2 Å². The van der Waals surface area contributed by atoms with Gasteiger partial charge in [0.2, 0.25) is 0 Å². The number of nitrogens with two attached hydrogens (primary N) is 1. The van der Waals surface area contributed by atoms with Crippen LogP contribution in [0.3, 0.4) is 0 Å². The Bertz CT molecular complexity index is 1150. The van der Waals surface area contributed by atoms with E-state index in [1.54, 1.807) is 0 Å². The third-order valence-corrected chi connectivity index (χ3v) is 6.97. The predicted molar refractivity (Wildman–Crippen MR) is 120 cm³/mol. The molecule has 2 aromatic rings. The average Bonchev–Trinajstić information content (AvgIpc) is 2.68. The monoisotopic (exact) mass is 506 g/mol. The number of sulfonamides is 1. The number of hydrazine groups is 1. The van der Waals surface area contributed by atoms with Crippen LogP contribution in [0.25, 0.3) is 0 Å². The summed E-state index contributed by atoms with van der Waals surface area (Å²) in [4.78, 5) is 14.1. The number of ketones is 1. The Morgan fingerprint density at radius 1 is 1.19 bits per heavy atom. The van der Waals surface area contributed by atoms with E-state index in [4.69, 9.17) is 41.2 Å². The highest BCUT2D eigenvalue weighted by molar-refractivity contribution is 7.89. The predicted octanol–water partition coefficient (Wildman–Crippen LogP) is 3.08. The number of benzene rings is 2. The first kappa shape index (κ1) is 23.6. The van der Waals surface area contributed by atoms with Crippen LogP contribution in [0.4, 0.5) is 15.8 Å². The molecule has 1 aliphatic rings. The molecule has 0 saturated carbocycles. The summed E-state index contributed by atoms with van der Waals surface area (Å²) in [6.45, 7) is 0.349. The molecule has 0 spiro atoms. The maximum absolute atomic E-state index is 14.0. The number of phenolic OH excluding ortho intramolecular Hbond substituents is 1. The van der Waals surface area contributed by atoms with Gasteiger partial charge in [0, 0.05) is 25.9 Å². The van der Waals surface area contributed by atoms with E-state index in [-0.39, 0.29) is 58.2 Å². The van der Waals surface area contributed by atoms with Gasteiger partial charge in [-0.3, -0.25) is 9.69 Å². The summed E-state index contributed by atoms with van der Waals surface area (Å²) in [6.07, 6.45) is 0.380. The molecule has 31 heavy (non-hydrogen) atoms. The standard InChI is InChI=1S/C18H17Cl2FN4O4S2/c19-11-4-5-14(25(18(22)30)13-3-1-2-12(21)15(13)20)16(27)17(11)31(28,29)23-24-8-6-10(26)7-9-24/h1-5,23,27H,6-9H2,(H2,22,30). The van der Waals surface area contributed by atoms with Gasteiger partial charge in [-0.15, -0.1) is 4.83 Å². The second-order valence-corrected chi connectivity index (χ2v) is 9.41. The molecule has 0 radical (unpaired) electrons. The number of anilines is 2. The lowest BCUT2D eigenvalue weighted by atomic mass is 10.1. The molecular formula is C18H17Cl2FN4O4S2. The number of rotatable bonds is 5. The zero-order valence-electron chi connectivity index (χ0n) is 15.8. The normalized spacial score (nSPS) is 15.1. The maximum atomic E-state index is 14.0. The van der Waals surface area contributed by atoms with Crippen molar-refractivity contribution in [3.8, 4) is 5.75 Å². The number of hydrogen-bond acceptors (Lipinski definition) is 6. The number of aromatic hydroxyl groups is 1. The van der Waals surface area contributed by atoms with Crippen LogP contribution in [-0.2, 0) is 14.8 Å². The first-order chi connectivity index (χ1) is 14.5. The summed E-state index contributed by atoms with van der Waals surface area (Å²) in [7, 11) is -4.36. The third-order valence-electron chi connectivity index (χ3n) is 4.53. The Balaban J connectivity index is 2.08. The van der Waals surface area contributed by atoms with Crippen molar-refractivity contribution in [3.05, 3.63) is 46.2 Å². The molecular weight excluding hydrogens is 490 g/mol. The molecule has 0 aliphatic carbocycles. The minimum Gasteiger partial charge on any atom is -0.504 e. The van der Waals surface area contributed by atoms with Gasteiger partial charge in [-0.2, -0.15) is 0 Å². The van der Waals surface area contributed by atoms with E-state index >= 15 is 0 Å². The molecule has 13 heteroatoms. The fraction of sp³-hybridized carbons (Fsp3) is 0.222. The summed E-state index contributed by atoms with van der Waals surface area (Å²) in [5.74, 6) is -1.50. The van der Waals surface area contributed by atoms with Crippen LogP contribution in [0, 0.1) is 5.82 Å². The highest BCUT2D eigenvalue weighted by Crippen LogP contribution is 2.43. The number of nitrogens with one attached hydrogen (secondary N) is 1. The van der Waals surface area contributed by atoms with Crippen LogP contribution >= 0.6 is 35.4 Å². The number of halogens is 3. The molecule has 1 heterocycles. The van der Waals surface area contributed by atoms with Crippen LogP contribution in [0.1, 0.15) is 12.8 Å². The highest BCUT2D eigenvalue weighted by atomic mass is 35.5. The first-order valence-corrected chi connectivity index (χ1v) is 11.5. The SMILES string of the molecule is NC(=S)N(c1ccc(Cl)c(S(=O)(=O)NN2CCC(=O)CC2)c1O)c1cccc(F)c1Cl. The van der Waals surface area contributed by atoms with Gasteiger partial charge in [0.25, 0.3) is 10.0 Å². The summed E-state index contributed by atoms with van der Waals surface area (Å²) in [5, 5.41) is 11.3. The van der Waals surface area contributed by atoms with Crippen LogP contribution < -0.4 is 15.5 Å². The Morgan fingerprint density at radius 3 is 2.45 bits per heavy atom. The Morgan fingerprint density at radius 2 is 1.84 bits per heavy atom. The smallest absolute Gasteiger partial charge is 0.258 e. The van der Waals surface area contributed by atoms with Gasteiger partial charge < -0.3 is 10.8 Å². The average molecular weight is 507 g/mol. The lowest BCUT2D eigenvalue weighted by molar-refractivity contribution is -0.121. The number of hydrogen-bond donors (Lipinski definition) is 3. The topological polar surface area (TPSA) is 116 Å². The largest absolute Gasteiger partial charge is 0.504 e. The molecule has 8 nitrogen and oxygen atoms in total. The van der Waals surface area contributed by atoms with Gasteiger partial charge in [0.15, 0.2) is 10.9 Å². The zero-order valence-corrected chi connectivity index (χ0v) is 19.0. The number of thiocarbonyl (C=S) groups is 1. The van der Waals surface area contributed by atoms with E-state index in [1.807, 2.05) is 0 Å². The molecule has 4 N–H and O–H groups in total. The zero-order chi connectivity index (χ0) is 22.9. The fourth-order valence-electron chi connectivity index (χ4n) is 3.07. The number of piperidine rings is 1. The third kappa shape index (κ3) is 4.92. The van der Waals surface area contributed by atoms with Crippen molar-refractivity contribution >= 4 is 67.7 Å². The number of carbonyl (C=O) groups is 1. The van der Waals surface area contributed by atoms with Crippen LogP contribution in [0.2, 0.25) is 10.0 Å². The first-order valence-electron chi connectivity index (χ1n) is 8.87. The van der Waals surface area contributed by atoms with E-state index in [0.29, 0.717) is 0 Å². The quantitative estimate of drug-likeness (QED) is 0.529. The van der Waals surface area contributed by atoms with Crippen LogP contribution in [-0.4, -0.2) is 42.5 Å². The van der Waals surface area contributed by atoms with Gasteiger partial charge in [0.1, 0.15) is 21.5 Å². The summed E-state index contributed by atoms with van der Waals surface area (Å²) >= 11 is 17.2. The molecule has 0 bridgehead atoms. The summed E-state index contributed by atoms with van der Waals surface area (Å²) in [5.41, 5.74) is 5.61. The number of Topliss-reactive ketones (excluding diaryl/α,β-unsaturated/α-hetero) is 1. The molecule has 1 saturated heterocycles. The number of carbonyl (C=O) groups excluding carboxylic acids is 1. The summed E-state index contributed by atoms with van der Waals surface area (Å²) in [6, 6.07) is 6.37. The molecule has 2 aromatic carbocycles. The van der Waals surface area contributed by atoms with E-state index < -0.39 is 26.5 Å². The Hall–Kier alpha value is -2.02. The van der Waals surface area contributed by atoms with Crippen molar-refractivity contribution in [2.45, 2.75) is 17.7 Å². The van der Waals surface area contributed by atoms with Gasteiger partial charge in [0.05, 0.1) is 16.4 Å². The van der Waals surface area contributed by atoms with E-state index in [0.717, 1.165) is 11.0 Å². The number of phenols is 1. The maximum Gasteiger partial charge on any atom is 0.258 e. The van der Waals surface area contributed by atoms with E-state index in [1.165, 1.54) is 29.3 Å². The minimum absolute atomic E-state index is 0.00219. The van der Waals surface area contributed by atoms with Crippen molar-refractivity contribution in [3.63, 3.8) is 0 Å². The van der Waals surface area contributed by atoms with Gasteiger partial charge in [-0.05, 0) is 36.5 Å². The molecule has 0 amide bonds. The van der Waals surface area contributed by atoms with Gasteiger partial charge in [-0.25, -0.2) is 17.8 Å². The molecule has 0 aromatic heterocycles. The molecule has 3 rings (SSSR count). The fourth-order valence-corrected chi connectivity index (χ4v) is 5.23. The second-order valence-electron chi connectivity index (χ2n) is 6.61. The van der Waals surface area contributed by atoms with Crippen LogP contribution in [0.5, 0.6) is 5.75 Å². The number of nitrogens with zero attached hydrogens (tertiary/aromatic N) is 2. The minimum atomic E-state index is -4.36. The van der Waals surface area contributed by atoms with Gasteiger partial charge >= 0.3 is 0 Å². The van der Waals surface area contributed by atoms with E-state index in [2.05, 4.69) is 4.83 Å². The lowest BCUT2D eigenvalue weighted by Crippen LogP contribution is -2.46. The lowest BCUT2D eigenvalue weighted by Gasteiger charge is -2.28. The van der Waals surface area contributed by atoms with Crippen molar-refractivity contribution in [1.82, 2.24) is 9.84 Å². The highest BCUT2D eigenvalue weighted by Gasteiger charge is 2.31. The molecule has 1 aliphatic heterocycles. The van der Waals surface area contributed by atoms with Crippen molar-refractivity contribution < 1.29 is 22.7 Å². The molecule has 0 unspecified atom stereocenters. The van der Waals surface area contributed by atoms with Crippen molar-refractivity contribution in [1.29, 1.82) is 0 Å². The molecule has 0 atom stereocenters. The van der Waals surface area contributed by atoms with Gasteiger partial charge in [-0.1, -0.05) is 29.3 Å². The van der Waals surface area contributed by atoms with Crippen molar-refractivity contribution in [2.75, 3.05) is 18.0 Å². The molecule has 166 valence electrons.